The maximum atomic E-state index is 12.2. The predicted octanol–water partition coefficient (Wildman–Crippen LogP) is 4.46. The molecule has 2 N–H and O–H groups in total. The van der Waals surface area contributed by atoms with Crippen LogP contribution in [0.3, 0.4) is 0 Å². The van der Waals surface area contributed by atoms with Crippen LogP contribution >= 0.6 is 0 Å². The minimum absolute atomic E-state index is 0.371. The van der Waals surface area contributed by atoms with Gasteiger partial charge in [0.25, 0.3) is 5.91 Å². The molecule has 3 rings (SSSR count). The van der Waals surface area contributed by atoms with E-state index in [0.29, 0.717) is 11.5 Å². The van der Waals surface area contributed by atoms with Gasteiger partial charge in [0.2, 0.25) is 0 Å². The number of carbonyl (C=O) groups is 1. The Morgan fingerprint density at radius 2 is 1.84 bits per heavy atom. The van der Waals surface area contributed by atoms with Crippen LogP contribution in [0, 0.1) is 19.8 Å². The second-order valence-electron chi connectivity index (χ2n) is 7.10. The molecule has 2 aromatic rings. The van der Waals surface area contributed by atoms with Crippen molar-refractivity contribution >= 4 is 5.91 Å². The molecule has 1 aliphatic rings. The van der Waals surface area contributed by atoms with E-state index in [9.17, 15) is 4.79 Å². The summed E-state index contributed by atoms with van der Waals surface area (Å²) in [4.78, 5) is 12.2. The normalized spacial score (nSPS) is 15.3. The van der Waals surface area contributed by atoms with Gasteiger partial charge in [0.15, 0.2) is 0 Å². The van der Waals surface area contributed by atoms with Crippen molar-refractivity contribution in [1.82, 2.24) is 4.57 Å². The number of benzene rings is 1. The average Bonchev–Trinajstić information content (AvgIpc) is 2.87. The van der Waals surface area contributed by atoms with Gasteiger partial charge in [-0.15, -0.1) is 0 Å². The molecule has 1 saturated carbocycles. The number of nitrogens with two attached hydrogens (primary N) is 1. The van der Waals surface area contributed by atoms with E-state index >= 15 is 0 Å². The zero-order valence-electron chi connectivity index (χ0n) is 15.5. The van der Waals surface area contributed by atoms with Gasteiger partial charge < -0.3 is 15.0 Å². The summed E-state index contributed by atoms with van der Waals surface area (Å²) in [6, 6.07) is 7.83. The number of methoxy groups -OCH3 is 1. The highest BCUT2D eigenvalue weighted by Crippen LogP contribution is 2.38. The van der Waals surface area contributed by atoms with Gasteiger partial charge in [0, 0.05) is 29.1 Å². The molecule has 4 nitrogen and oxygen atoms in total. The van der Waals surface area contributed by atoms with Gasteiger partial charge >= 0.3 is 0 Å². The summed E-state index contributed by atoms with van der Waals surface area (Å²) in [7, 11) is 1.66. The highest BCUT2D eigenvalue weighted by molar-refractivity contribution is 6.02. The number of hydrogen-bond acceptors (Lipinski definition) is 2. The van der Waals surface area contributed by atoms with E-state index in [0.717, 1.165) is 34.8 Å². The number of hydrogen-bond donors (Lipinski definition) is 1. The van der Waals surface area contributed by atoms with Crippen molar-refractivity contribution in [2.45, 2.75) is 52.5 Å². The topological polar surface area (TPSA) is 57.2 Å². The maximum Gasteiger partial charge on any atom is 0.251 e. The molecule has 1 heterocycles. The quantitative estimate of drug-likeness (QED) is 0.873. The molecule has 25 heavy (non-hydrogen) atoms. The van der Waals surface area contributed by atoms with E-state index in [-0.39, 0.29) is 5.91 Å². The standard InChI is InChI=1S/C21H28N2O2/c1-14-19(17-11-7-8-12-18(17)25-3)20(21(22)24)15(2)23(14)13-16-9-5-4-6-10-16/h7-8,11-12,16H,4-6,9-10,13H2,1-3H3,(H2,22,24). The van der Waals surface area contributed by atoms with Crippen LogP contribution in [0.25, 0.3) is 11.1 Å². The van der Waals surface area contributed by atoms with E-state index in [1.165, 1.54) is 32.1 Å². The molecule has 4 heteroatoms. The molecule has 0 bridgehead atoms. The van der Waals surface area contributed by atoms with Crippen LogP contribution in [0.4, 0.5) is 0 Å². The molecule has 0 saturated heterocycles. The number of rotatable bonds is 5. The third-order valence-corrected chi connectivity index (χ3v) is 5.57. The molecule has 1 fully saturated rings. The number of para-hydroxylation sites is 1. The first-order valence-corrected chi connectivity index (χ1v) is 9.17. The van der Waals surface area contributed by atoms with Crippen molar-refractivity contribution in [2.24, 2.45) is 11.7 Å². The van der Waals surface area contributed by atoms with Gasteiger partial charge in [-0.1, -0.05) is 37.5 Å². The third kappa shape index (κ3) is 3.30. The van der Waals surface area contributed by atoms with Gasteiger partial charge in [-0.2, -0.15) is 0 Å². The van der Waals surface area contributed by atoms with Crippen molar-refractivity contribution in [3.05, 3.63) is 41.2 Å². The molecule has 134 valence electrons. The minimum Gasteiger partial charge on any atom is -0.496 e. The first kappa shape index (κ1) is 17.6. The number of ether oxygens (including phenoxy) is 1. The lowest BCUT2D eigenvalue weighted by Gasteiger charge is -2.23. The Bertz CT molecular complexity index is 770. The van der Waals surface area contributed by atoms with Crippen LogP contribution in [-0.2, 0) is 6.54 Å². The van der Waals surface area contributed by atoms with E-state index in [1.807, 2.05) is 31.2 Å². The number of aromatic nitrogens is 1. The summed E-state index contributed by atoms with van der Waals surface area (Å²) in [6.45, 7) is 5.06. The van der Waals surface area contributed by atoms with Crippen LogP contribution in [0.2, 0.25) is 0 Å². The van der Waals surface area contributed by atoms with Gasteiger partial charge in [-0.3, -0.25) is 4.79 Å². The molecular formula is C21H28N2O2. The largest absolute Gasteiger partial charge is 0.496 e. The maximum absolute atomic E-state index is 12.2. The molecule has 1 aliphatic carbocycles. The molecule has 0 atom stereocenters. The van der Waals surface area contributed by atoms with Crippen LogP contribution < -0.4 is 10.5 Å². The number of carbonyl (C=O) groups excluding carboxylic acids is 1. The molecule has 0 aliphatic heterocycles. The second-order valence-corrected chi connectivity index (χ2v) is 7.10. The molecule has 1 aromatic carbocycles. The first-order chi connectivity index (χ1) is 12.0. The highest BCUT2D eigenvalue weighted by atomic mass is 16.5. The Hall–Kier alpha value is -2.23. The van der Waals surface area contributed by atoms with E-state index in [2.05, 4.69) is 11.5 Å². The van der Waals surface area contributed by atoms with E-state index in [1.54, 1.807) is 7.11 Å². The Kier molecular flexibility index (Phi) is 5.16. The zero-order valence-corrected chi connectivity index (χ0v) is 15.5. The smallest absolute Gasteiger partial charge is 0.251 e. The summed E-state index contributed by atoms with van der Waals surface area (Å²) >= 11 is 0. The second kappa shape index (κ2) is 7.34. The van der Waals surface area contributed by atoms with Crippen molar-refractivity contribution < 1.29 is 9.53 Å². The first-order valence-electron chi connectivity index (χ1n) is 9.17. The summed E-state index contributed by atoms with van der Waals surface area (Å²) in [5.74, 6) is 1.08. The average molecular weight is 340 g/mol. The third-order valence-electron chi connectivity index (χ3n) is 5.57. The number of amides is 1. The Labute approximate surface area is 150 Å². The van der Waals surface area contributed by atoms with Crippen molar-refractivity contribution in [1.29, 1.82) is 0 Å². The van der Waals surface area contributed by atoms with Gasteiger partial charge in [0.05, 0.1) is 12.7 Å². The summed E-state index contributed by atoms with van der Waals surface area (Å²) < 4.78 is 7.82. The fourth-order valence-corrected chi connectivity index (χ4v) is 4.27. The Morgan fingerprint density at radius 3 is 2.48 bits per heavy atom. The molecule has 1 aromatic heterocycles. The zero-order chi connectivity index (χ0) is 18.0. The van der Waals surface area contributed by atoms with Crippen molar-refractivity contribution in [3.8, 4) is 16.9 Å². The Balaban J connectivity index is 2.11. The molecule has 0 spiro atoms. The van der Waals surface area contributed by atoms with Crippen LogP contribution in [-0.4, -0.2) is 17.6 Å². The summed E-state index contributed by atoms with van der Waals surface area (Å²) in [5.41, 5.74) is 10.3. The molecule has 1 amide bonds. The fraction of sp³-hybridized carbons (Fsp3) is 0.476. The Morgan fingerprint density at radius 1 is 1.16 bits per heavy atom. The van der Waals surface area contributed by atoms with Crippen LogP contribution in [0.15, 0.2) is 24.3 Å². The lowest BCUT2D eigenvalue weighted by atomic mass is 9.89. The van der Waals surface area contributed by atoms with E-state index < -0.39 is 0 Å². The van der Waals surface area contributed by atoms with Gasteiger partial charge in [0.1, 0.15) is 5.75 Å². The summed E-state index contributed by atoms with van der Waals surface area (Å²) in [6.07, 6.45) is 6.51. The van der Waals surface area contributed by atoms with Crippen molar-refractivity contribution in [3.63, 3.8) is 0 Å². The predicted molar refractivity (Wildman–Crippen MR) is 101 cm³/mol. The number of primary amides is 1. The lowest BCUT2D eigenvalue weighted by Crippen LogP contribution is -2.17. The molecule has 0 unspecified atom stereocenters. The van der Waals surface area contributed by atoms with Crippen molar-refractivity contribution in [2.75, 3.05) is 7.11 Å². The van der Waals surface area contributed by atoms with Gasteiger partial charge in [-0.05, 0) is 38.7 Å². The molecular weight excluding hydrogens is 312 g/mol. The van der Waals surface area contributed by atoms with Crippen LogP contribution in [0.1, 0.15) is 53.8 Å². The summed E-state index contributed by atoms with van der Waals surface area (Å²) in [5, 5.41) is 0. The minimum atomic E-state index is -0.371. The van der Waals surface area contributed by atoms with Gasteiger partial charge in [-0.25, -0.2) is 0 Å². The highest BCUT2D eigenvalue weighted by Gasteiger charge is 2.26. The SMILES string of the molecule is COc1ccccc1-c1c(C(N)=O)c(C)n(CC2CCCCC2)c1C. The molecule has 0 radical (unpaired) electrons. The monoisotopic (exact) mass is 340 g/mol. The number of nitrogens with zero attached hydrogens (tertiary/aromatic N) is 1. The van der Waals surface area contributed by atoms with Crippen LogP contribution in [0.5, 0.6) is 5.75 Å². The lowest BCUT2D eigenvalue weighted by molar-refractivity contribution is 0.1000. The van der Waals surface area contributed by atoms with E-state index in [4.69, 9.17) is 10.5 Å². The fourth-order valence-electron chi connectivity index (χ4n) is 4.27.